The van der Waals surface area contributed by atoms with Crippen molar-refractivity contribution >= 4 is 23.1 Å². The first-order chi connectivity index (χ1) is 17.4. The normalized spacial score (nSPS) is 19.6. The quantitative estimate of drug-likeness (QED) is 0.239. The summed E-state index contributed by atoms with van der Waals surface area (Å²) < 4.78 is 56.5. The fraction of sp³-hybridized carbons (Fsp3) is 0.593. The van der Waals surface area contributed by atoms with Crippen molar-refractivity contribution in [2.45, 2.75) is 79.2 Å². The first-order valence-corrected chi connectivity index (χ1v) is 12.8. The number of nitrogens with one attached hydrogen (secondary N) is 2. The fourth-order valence-corrected chi connectivity index (χ4v) is 4.10. The Hall–Kier alpha value is -2.75. The smallest absolute Gasteiger partial charge is 0.354 e. The number of halogens is 4. The summed E-state index contributed by atoms with van der Waals surface area (Å²) in [5, 5.41) is 6.03. The molecule has 206 valence electrons. The summed E-state index contributed by atoms with van der Waals surface area (Å²) in [7, 11) is 0. The van der Waals surface area contributed by atoms with Gasteiger partial charge >= 0.3 is 6.18 Å². The zero-order valence-electron chi connectivity index (χ0n) is 22.5. The molecule has 0 spiro atoms. The van der Waals surface area contributed by atoms with Gasteiger partial charge in [-0.3, -0.25) is 4.79 Å². The molecule has 1 fully saturated rings. The average molecular weight is 526 g/mol. The maximum absolute atomic E-state index is 14.7. The van der Waals surface area contributed by atoms with Crippen LogP contribution in [0.1, 0.15) is 72.1 Å². The number of hydrogen-bond acceptors (Lipinski definition) is 5. The lowest BCUT2D eigenvalue weighted by Gasteiger charge is -2.33. The Labute approximate surface area is 217 Å². The van der Waals surface area contributed by atoms with Gasteiger partial charge in [0, 0.05) is 49.8 Å². The molecular weight excluding hydrogens is 486 g/mol. The van der Waals surface area contributed by atoms with E-state index in [0.717, 1.165) is 12.1 Å². The number of carbonyl (C=O) groups is 1. The molecule has 1 saturated heterocycles. The van der Waals surface area contributed by atoms with Crippen LogP contribution in [0.15, 0.2) is 35.0 Å². The fourth-order valence-electron chi connectivity index (χ4n) is 4.10. The van der Waals surface area contributed by atoms with Crippen LogP contribution in [0.4, 0.5) is 23.4 Å². The number of anilines is 1. The van der Waals surface area contributed by atoms with Crippen LogP contribution in [0.25, 0.3) is 5.57 Å². The van der Waals surface area contributed by atoms with Gasteiger partial charge in [-0.2, -0.15) is 13.2 Å². The lowest BCUT2D eigenvalue weighted by atomic mass is 9.89. The zero-order chi connectivity index (χ0) is 27.8. The number of amidine groups is 1. The number of aliphatic imine (C=N–C) groups is 1. The van der Waals surface area contributed by atoms with Crippen molar-refractivity contribution in [3.8, 4) is 0 Å². The van der Waals surface area contributed by atoms with E-state index in [1.54, 1.807) is 19.9 Å². The summed E-state index contributed by atoms with van der Waals surface area (Å²) >= 11 is 0. The van der Waals surface area contributed by atoms with Gasteiger partial charge in [0.2, 0.25) is 5.91 Å². The van der Waals surface area contributed by atoms with Crippen LogP contribution >= 0.6 is 0 Å². The van der Waals surface area contributed by atoms with Crippen molar-refractivity contribution in [2.75, 3.05) is 24.5 Å². The van der Waals surface area contributed by atoms with Gasteiger partial charge in [0.25, 0.3) is 0 Å². The van der Waals surface area contributed by atoms with Crippen LogP contribution in [-0.2, 0) is 11.0 Å². The maximum Gasteiger partial charge on any atom is 0.416 e. The van der Waals surface area contributed by atoms with Crippen LogP contribution in [0.3, 0.4) is 0 Å². The number of rotatable bonds is 9. The van der Waals surface area contributed by atoms with E-state index < -0.39 is 23.8 Å². The SMILES string of the molecule is CC/C=C/N=C(NC(=O)CCC)\C(=C(/C)c1cc(C(F)(F)F)cc(N2CCNC(C)C2)n1)C(C)C(C)F. The van der Waals surface area contributed by atoms with Gasteiger partial charge in [0.1, 0.15) is 17.8 Å². The van der Waals surface area contributed by atoms with E-state index in [2.05, 4.69) is 20.6 Å². The number of pyridine rings is 1. The summed E-state index contributed by atoms with van der Waals surface area (Å²) in [5.74, 6) is -0.747. The number of piperazine rings is 1. The molecule has 3 unspecified atom stereocenters. The molecule has 2 heterocycles. The maximum atomic E-state index is 14.7. The number of aromatic nitrogens is 1. The molecular formula is C27H39F4N5O. The summed E-state index contributed by atoms with van der Waals surface area (Å²) in [6.45, 7) is 12.0. The highest BCUT2D eigenvalue weighted by molar-refractivity contribution is 6.12. The topological polar surface area (TPSA) is 69.6 Å². The molecule has 1 aromatic heterocycles. The second-order valence-electron chi connectivity index (χ2n) is 9.47. The number of hydrogen-bond donors (Lipinski definition) is 2. The molecule has 1 amide bonds. The van der Waals surface area contributed by atoms with Crippen molar-refractivity contribution in [3.63, 3.8) is 0 Å². The van der Waals surface area contributed by atoms with Crippen molar-refractivity contribution in [3.05, 3.63) is 41.2 Å². The number of amides is 1. The Kier molecular flexibility index (Phi) is 11.3. The highest BCUT2D eigenvalue weighted by atomic mass is 19.4. The van der Waals surface area contributed by atoms with Crippen molar-refractivity contribution < 1.29 is 22.4 Å². The van der Waals surface area contributed by atoms with E-state index in [4.69, 9.17) is 0 Å². The highest BCUT2D eigenvalue weighted by Crippen LogP contribution is 2.35. The Morgan fingerprint density at radius 1 is 1.32 bits per heavy atom. The van der Waals surface area contributed by atoms with E-state index in [0.29, 0.717) is 43.6 Å². The third-order valence-corrected chi connectivity index (χ3v) is 6.30. The van der Waals surface area contributed by atoms with Gasteiger partial charge in [-0.25, -0.2) is 14.4 Å². The Balaban J connectivity index is 2.77. The zero-order valence-corrected chi connectivity index (χ0v) is 22.5. The molecule has 1 aliphatic heterocycles. The third-order valence-electron chi connectivity index (χ3n) is 6.30. The molecule has 3 atom stereocenters. The average Bonchev–Trinajstić information content (AvgIpc) is 2.83. The minimum Gasteiger partial charge on any atom is -0.354 e. The molecule has 37 heavy (non-hydrogen) atoms. The van der Waals surface area contributed by atoms with Crippen molar-refractivity contribution in [1.29, 1.82) is 0 Å². The monoisotopic (exact) mass is 525 g/mol. The number of carbonyl (C=O) groups excluding carboxylic acids is 1. The van der Waals surface area contributed by atoms with Gasteiger partial charge in [-0.1, -0.05) is 26.8 Å². The third kappa shape index (κ3) is 8.66. The van der Waals surface area contributed by atoms with E-state index >= 15 is 0 Å². The molecule has 0 bridgehead atoms. The van der Waals surface area contributed by atoms with E-state index in [9.17, 15) is 22.4 Å². The predicted molar refractivity (Wildman–Crippen MR) is 141 cm³/mol. The second kappa shape index (κ2) is 13.7. The van der Waals surface area contributed by atoms with Gasteiger partial charge in [-0.15, -0.1) is 0 Å². The molecule has 1 aromatic rings. The molecule has 10 heteroatoms. The molecule has 2 N–H and O–H groups in total. The molecule has 0 aromatic carbocycles. The standard InChI is InChI=1S/C27H39F4N5O/c1-7-9-11-33-26(35-24(37)10-8-2)25(18(4)20(6)28)19(5)22-14-21(27(29,30)31)15-23(34-22)36-13-12-32-17(3)16-36/h9,11,14-15,17-18,20,32H,7-8,10,12-13,16H2,1-6H3,(H,33,35,37)/b11-9+,25-19+. The molecule has 0 radical (unpaired) electrons. The summed E-state index contributed by atoms with van der Waals surface area (Å²) in [4.78, 5) is 23.3. The van der Waals surface area contributed by atoms with Crippen LogP contribution in [0.5, 0.6) is 0 Å². The lowest BCUT2D eigenvalue weighted by molar-refractivity contribution is -0.137. The summed E-state index contributed by atoms with van der Waals surface area (Å²) in [6, 6.07) is 2.12. The molecule has 6 nitrogen and oxygen atoms in total. The number of alkyl halides is 4. The van der Waals surface area contributed by atoms with Crippen molar-refractivity contribution in [1.82, 2.24) is 15.6 Å². The Bertz CT molecular complexity index is 1020. The first kappa shape index (κ1) is 30.5. The van der Waals surface area contributed by atoms with E-state index in [1.807, 2.05) is 25.7 Å². The predicted octanol–water partition coefficient (Wildman–Crippen LogP) is 5.90. The van der Waals surface area contributed by atoms with Crippen molar-refractivity contribution in [2.24, 2.45) is 10.9 Å². The van der Waals surface area contributed by atoms with Crippen LogP contribution in [0, 0.1) is 5.92 Å². The van der Waals surface area contributed by atoms with Gasteiger partial charge in [-0.05, 0) is 51.3 Å². The minimum atomic E-state index is -4.60. The van der Waals surface area contributed by atoms with E-state index in [-0.39, 0.29) is 35.7 Å². The van der Waals surface area contributed by atoms with E-state index in [1.165, 1.54) is 13.1 Å². The van der Waals surface area contributed by atoms with Gasteiger partial charge in [0.05, 0.1) is 11.3 Å². The van der Waals surface area contributed by atoms with Gasteiger partial charge in [0.15, 0.2) is 0 Å². The Morgan fingerprint density at radius 3 is 2.59 bits per heavy atom. The molecule has 0 aliphatic carbocycles. The molecule has 0 saturated carbocycles. The first-order valence-electron chi connectivity index (χ1n) is 12.8. The second-order valence-corrected chi connectivity index (χ2v) is 9.47. The van der Waals surface area contributed by atoms with Gasteiger partial charge < -0.3 is 15.5 Å². The van der Waals surface area contributed by atoms with Crippen LogP contribution in [-0.4, -0.2) is 48.6 Å². The molecule has 1 aliphatic rings. The minimum absolute atomic E-state index is 0.0652. The summed E-state index contributed by atoms with van der Waals surface area (Å²) in [6.07, 6.45) is -1.15. The Morgan fingerprint density at radius 2 is 2.03 bits per heavy atom. The lowest BCUT2D eigenvalue weighted by Crippen LogP contribution is -2.49. The number of allylic oxidation sites excluding steroid dienone is 2. The number of nitrogens with zero attached hydrogens (tertiary/aromatic N) is 3. The van der Waals surface area contributed by atoms with Crippen LogP contribution < -0.4 is 15.5 Å². The molecule has 2 rings (SSSR count). The summed E-state index contributed by atoms with van der Waals surface area (Å²) in [5.41, 5.74) is -0.132. The highest BCUT2D eigenvalue weighted by Gasteiger charge is 2.34. The largest absolute Gasteiger partial charge is 0.416 e. The van der Waals surface area contributed by atoms with Crippen LogP contribution in [0.2, 0.25) is 0 Å².